The summed E-state index contributed by atoms with van der Waals surface area (Å²) in [4.78, 5) is 28.7. The lowest BCUT2D eigenvalue weighted by molar-refractivity contribution is -0.118. The lowest BCUT2D eigenvalue weighted by atomic mass is 10.1. The maximum atomic E-state index is 12.7. The minimum atomic E-state index is -0.340. The molecule has 0 fully saturated rings. The van der Waals surface area contributed by atoms with Crippen LogP contribution in [0.2, 0.25) is 0 Å². The first kappa shape index (κ1) is 21.3. The van der Waals surface area contributed by atoms with Gasteiger partial charge in [-0.25, -0.2) is 0 Å². The topological polar surface area (TPSA) is 92.9 Å². The quantitative estimate of drug-likeness (QED) is 0.569. The van der Waals surface area contributed by atoms with E-state index in [2.05, 4.69) is 10.3 Å². The fraction of sp³-hybridized carbons (Fsp3) is 0.227. The summed E-state index contributed by atoms with van der Waals surface area (Å²) >= 11 is 1.37. The van der Waals surface area contributed by atoms with Gasteiger partial charge in [-0.05, 0) is 60.5 Å². The molecular weight excluding hydrogens is 402 g/mol. The molecule has 1 heterocycles. The maximum absolute atomic E-state index is 12.7. The first-order valence-corrected chi connectivity index (χ1v) is 10.3. The van der Waals surface area contributed by atoms with Crippen LogP contribution in [-0.4, -0.2) is 35.1 Å². The van der Waals surface area contributed by atoms with Gasteiger partial charge in [-0.3, -0.25) is 9.59 Å². The molecule has 3 rings (SSSR count). The van der Waals surface area contributed by atoms with Crippen molar-refractivity contribution in [2.75, 3.05) is 13.7 Å². The van der Waals surface area contributed by atoms with Crippen molar-refractivity contribution in [2.24, 2.45) is 4.99 Å². The Bertz CT molecular complexity index is 1080. The number of benzene rings is 2. The highest BCUT2D eigenvalue weighted by atomic mass is 32.1. The number of rotatable bonds is 7. The number of nitrogens with one attached hydrogen (secondary N) is 1. The Morgan fingerprint density at radius 3 is 2.47 bits per heavy atom. The van der Waals surface area contributed by atoms with Crippen LogP contribution in [0.1, 0.15) is 23.7 Å². The van der Waals surface area contributed by atoms with E-state index in [9.17, 15) is 14.7 Å². The van der Waals surface area contributed by atoms with E-state index in [4.69, 9.17) is 4.74 Å². The van der Waals surface area contributed by atoms with E-state index in [1.165, 1.54) is 18.3 Å². The average Bonchev–Trinajstić information content (AvgIpc) is 3.14. The van der Waals surface area contributed by atoms with Crippen molar-refractivity contribution in [3.8, 4) is 22.8 Å². The normalized spacial score (nSPS) is 11.3. The van der Waals surface area contributed by atoms with Gasteiger partial charge in [-0.15, -0.1) is 11.3 Å². The Kier molecular flexibility index (Phi) is 7.03. The average molecular weight is 426 g/mol. The van der Waals surface area contributed by atoms with Crippen LogP contribution in [0.3, 0.4) is 0 Å². The van der Waals surface area contributed by atoms with Crippen LogP contribution in [0.25, 0.3) is 11.3 Å². The zero-order valence-corrected chi connectivity index (χ0v) is 17.6. The van der Waals surface area contributed by atoms with Crippen molar-refractivity contribution in [1.82, 2.24) is 9.88 Å². The van der Waals surface area contributed by atoms with E-state index in [0.717, 1.165) is 11.3 Å². The molecule has 156 valence electrons. The predicted octanol–water partition coefficient (Wildman–Crippen LogP) is 3.20. The molecule has 0 spiro atoms. The van der Waals surface area contributed by atoms with Crippen LogP contribution in [0.15, 0.2) is 58.9 Å². The van der Waals surface area contributed by atoms with Crippen molar-refractivity contribution < 1.29 is 19.4 Å². The van der Waals surface area contributed by atoms with Gasteiger partial charge in [-0.2, -0.15) is 4.99 Å². The van der Waals surface area contributed by atoms with Gasteiger partial charge in [0.1, 0.15) is 11.5 Å². The number of ether oxygens (including phenoxy) is 1. The molecule has 30 heavy (non-hydrogen) atoms. The molecule has 8 heteroatoms. The number of phenols is 1. The Balaban J connectivity index is 1.93. The number of amides is 2. The van der Waals surface area contributed by atoms with Crippen molar-refractivity contribution in [1.29, 1.82) is 0 Å². The van der Waals surface area contributed by atoms with Gasteiger partial charge in [-0.1, -0.05) is 0 Å². The molecule has 3 aromatic rings. The molecule has 0 saturated heterocycles. The standard InChI is InChI=1S/C22H23N3O4S/c1-15(26)23-12-3-13-25-20(16-4-8-18(27)9-5-16)14-30-22(25)24-21(28)17-6-10-19(29-2)11-7-17/h4-11,14,27H,3,12-13H2,1-2H3,(H,23,26). The van der Waals surface area contributed by atoms with E-state index >= 15 is 0 Å². The molecule has 0 unspecified atom stereocenters. The lowest BCUT2D eigenvalue weighted by Gasteiger charge is -2.10. The Hall–Kier alpha value is -3.39. The SMILES string of the molecule is COc1ccc(C(=O)N=c2scc(-c3ccc(O)cc3)n2CCCNC(C)=O)cc1. The Morgan fingerprint density at radius 2 is 1.83 bits per heavy atom. The summed E-state index contributed by atoms with van der Waals surface area (Å²) in [5.41, 5.74) is 2.27. The first-order valence-electron chi connectivity index (χ1n) is 9.43. The molecule has 0 aliphatic heterocycles. The zero-order chi connectivity index (χ0) is 21.5. The number of thiazole rings is 1. The number of hydrogen-bond donors (Lipinski definition) is 2. The third-order valence-corrected chi connectivity index (χ3v) is 5.29. The summed E-state index contributed by atoms with van der Waals surface area (Å²) in [5, 5.41) is 14.3. The molecule has 0 aliphatic rings. The fourth-order valence-corrected chi connectivity index (χ4v) is 3.82. The monoisotopic (exact) mass is 425 g/mol. The van der Waals surface area contributed by atoms with Crippen molar-refractivity contribution in [3.05, 3.63) is 64.3 Å². The second-order valence-electron chi connectivity index (χ2n) is 6.58. The van der Waals surface area contributed by atoms with Gasteiger partial charge in [0.05, 0.1) is 12.8 Å². The van der Waals surface area contributed by atoms with Crippen molar-refractivity contribution >= 4 is 23.2 Å². The molecule has 7 nitrogen and oxygen atoms in total. The molecule has 0 aliphatic carbocycles. The van der Waals surface area contributed by atoms with Crippen LogP contribution in [-0.2, 0) is 11.3 Å². The smallest absolute Gasteiger partial charge is 0.279 e. The van der Waals surface area contributed by atoms with Crippen molar-refractivity contribution in [2.45, 2.75) is 19.9 Å². The number of carbonyl (C=O) groups excluding carboxylic acids is 2. The van der Waals surface area contributed by atoms with E-state index < -0.39 is 0 Å². The van der Waals surface area contributed by atoms with E-state index in [0.29, 0.717) is 35.6 Å². The molecule has 2 aromatic carbocycles. The number of phenolic OH excluding ortho intramolecular Hbond substituents is 1. The molecule has 0 bridgehead atoms. The minimum absolute atomic E-state index is 0.0799. The van der Waals surface area contributed by atoms with Gasteiger partial charge >= 0.3 is 0 Å². The Labute approximate surface area is 178 Å². The first-order chi connectivity index (χ1) is 14.5. The summed E-state index contributed by atoms with van der Waals surface area (Å²) < 4.78 is 7.09. The highest BCUT2D eigenvalue weighted by Crippen LogP contribution is 2.23. The second-order valence-corrected chi connectivity index (χ2v) is 7.42. The summed E-state index contributed by atoms with van der Waals surface area (Å²) in [6.45, 7) is 2.58. The summed E-state index contributed by atoms with van der Waals surface area (Å²) in [6, 6.07) is 13.7. The number of aromatic nitrogens is 1. The van der Waals surface area contributed by atoms with Gasteiger partial charge in [0.2, 0.25) is 5.91 Å². The number of aromatic hydroxyl groups is 1. The van der Waals surface area contributed by atoms with Crippen LogP contribution < -0.4 is 14.9 Å². The number of hydrogen-bond acceptors (Lipinski definition) is 5. The molecule has 0 atom stereocenters. The Morgan fingerprint density at radius 1 is 1.13 bits per heavy atom. The van der Waals surface area contributed by atoms with E-state index in [1.807, 2.05) is 22.1 Å². The lowest BCUT2D eigenvalue weighted by Crippen LogP contribution is -2.24. The van der Waals surface area contributed by atoms with Crippen LogP contribution in [0, 0.1) is 0 Å². The number of carbonyl (C=O) groups is 2. The molecular formula is C22H23N3O4S. The molecule has 0 saturated carbocycles. The third kappa shape index (κ3) is 5.36. The highest BCUT2D eigenvalue weighted by molar-refractivity contribution is 7.07. The minimum Gasteiger partial charge on any atom is -0.508 e. The fourth-order valence-electron chi connectivity index (χ4n) is 2.88. The number of nitrogens with zero attached hydrogens (tertiary/aromatic N) is 2. The van der Waals surface area contributed by atoms with Gasteiger partial charge < -0.3 is 19.7 Å². The maximum Gasteiger partial charge on any atom is 0.279 e. The number of methoxy groups -OCH3 is 1. The van der Waals surface area contributed by atoms with Gasteiger partial charge in [0, 0.05) is 31.0 Å². The highest BCUT2D eigenvalue weighted by Gasteiger charge is 2.11. The van der Waals surface area contributed by atoms with Gasteiger partial charge in [0.15, 0.2) is 4.80 Å². The van der Waals surface area contributed by atoms with E-state index in [1.54, 1.807) is 43.5 Å². The van der Waals surface area contributed by atoms with Crippen LogP contribution in [0.5, 0.6) is 11.5 Å². The van der Waals surface area contributed by atoms with Crippen molar-refractivity contribution in [3.63, 3.8) is 0 Å². The predicted molar refractivity (Wildman–Crippen MR) is 116 cm³/mol. The molecule has 2 amide bonds. The largest absolute Gasteiger partial charge is 0.508 e. The third-order valence-electron chi connectivity index (χ3n) is 4.43. The summed E-state index contributed by atoms with van der Waals surface area (Å²) in [6.07, 6.45) is 0.686. The zero-order valence-electron chi connectivity index (χ0n) is 16.8. The summed E-state index contributed by atoms with van der Waals surface area (Å²) in [7, 11) is 1.57. The van der Waals surface area contributed by atoms with E-state index in [-0.39, 0.29) is 17.6 Å². The molecule has 0 radical (unpaired) electrons. The summed E-state index contributed by atoms with van der Waals surface area (Å²) in [5.74, 6) is 0.437. The molecule has 2 N–H and O–H groups in total. The molecule has 1 aromatic heterocycles. The van der Waals surface area contributed by atoms with Crippen LogP contribution in [0.4, 0.5) is 0 Å². The second kappa shape index (κ2) is 9.89. The van der Waals surface area contributed by atoms with Gasteiger partial charge in [0.25, 0.3) is 5.91 Å². The van der Waals surface area contributed by atoms with Crippen LogP contribution >= 0.6 is 11.3 Å².